The molecule has 0 aromatic rings. The first-order chi connectivity index (χ1) is 6.20. The Morgan fingerprint density at radius 3 is 2.77 bits per heavy atom. The van der Waals surface area contributed by atoms with Crippen LogP contribution in [-0.4, -0.2) is 19.0 Å². The fourth-order valence-electron chi connectivity index (χ4n) is 1.86. The van der Waals surface area contributed by atoms with Crippen molar-refractivity contribution in [3.05, 3.63) is 11.1 Å². The fraction of sp³-hybridized carbons (Fsp3) is 0.727. The summed E-state index contributed by atoms with van der Waals surface area (Å²) in [6.45, 7) is 6.85. The molecule has 0 N–H and O–H groups in total. The minimum Gasteiger partial charge on any atom is -0.373 e. The van der Waals surface area contributed by atoms with Crippen LogP contribution in [0.2, 0.25) is 0 Å². The highest BCUT2D eigenvalue weighted by molar-refractivity contribution is 5.56. The molecule has 0 radical (unpaired) electrons. The van der Waals surface area contributed by atoms with E-state index in [4.69, 9.17) is 4.74 Å². The van der Waals surface area contributed by atoms with E-state index in [0.29, 0.717) is 6.61 Å². The number of carbonyl (C=O) groups excluding carboxylic acids is 1. The molecule has 0 saturated carbocycles. The van der Waals surface area contributed by atoms with Crippen molar-refractivity contribution in [3.63, 3.8) is 0 Å². The molecule has 0 amide bonds. The van der Waals surface area contributed by atoms with Crippen molar-refractivity contribution in [2.45, 2.75) is 39.7 Å². The average Bonchev–Trinajstić information content (AvgIpc) is 2.14. The smallest absolute Gasteiger partial charge is 0.126 e. The average molecular weight is 182 g/mol. The van der Waals surface area contributed by atoms with Gasteiger partial charge in [-0.3, -0.25) is 0 Å². The highest BCUT2D eigenvalue weighted by Gasteiger charge is 2.27. The van der Waals surface area contributed by atoms with Crippen LogP contribution in [0.4, 0.5) is 0 Å². The first-order valence-corrected chi connectivity index (χ1v) is 4.93. The van der Waals surface area contributed by atoms with Crippen LogP contribution < -0.4 is 0 Å². The van der Waals surface area contributed by atoms with E-state index in [0.717, 1.165) is 19.1 Å². The summed E-state index contributed by atoms with van der Waals surface area (Å²) in [5.74, 6) is 0.0728. The zero-order valence-electron chi connectivity index (χ0n) is 8.67. The normalized spacial score (nSPS) is 29.2. The number of aldehydes is 1. The summed E-state index contributed by atoms with van der Waals surface area (Å²) in [5.41, 5.74) is 2.64. The summed E-state index contributed by atoms with van der Waals surface area (Å²) in [6.07, 6.45) is 3.06. The lowest BCUT2D eigenvalue weighted by molar-refractivity contribution is -0.115. The van der Waals surface area contributed by atoms with Gasteiger partial charge in [-0.05, 0) is 39.2 Å². The van der Waals surface area contributed by atoms with Gasteiger partial charge in [0.25, 0.3) is 0 Å². The number of hydrogen-bond acceptors (Lipinski definition) is 2. The molecular weight excluding hydrogens is 164 g/mol. The molecule has 2 nitrogen and oxygen atoms in total. The van der Waals surface area contributed by atoms with Crippen LogP contribution in [0.15, 0.2) is 11.1 Å². The predicted octanol–water partition coefficient (Wildman–Crippen LogP) is 2.34. The second-order valence-corrected chi connectivity index (χ2v) is 3.68. The van der Waals surface area contributed by atoms with E-state index in [1.807, 2.05) is 6.92 Å². The molecule has 0 aliphatic heterocycles. The van der Waals surface area contributed by atoms with Crippen molar-refractivity contribution in [1.29, 1.82) is 0 Å². The second kappa shape index (κ2) is 4.56. The van der Waals surface area contributed by atoms with E-state index in [1.54, 1.807) is 0 Å². The summed E-state index contributed by atoms with van der Waals surface area (Å²) >= 11 is 0. The molecular formula is C11H18O2. The van der Waals surface area contributed by atoms with Gasteiger partial charge in [0.2, 0.25) is 0 Å². The monoisotopic (exact) mass is 182 g/mol. The number of carbonyl (C=O) groups is 1. The van der Waals surface area contributed by atoms with Crippen LogP contribution in [-0.2, 0) is 9.53 Å². The van der Waals surface area contributed by atoms with Gasteiger partial charge in [-0.15, -0.1) is 0 Å². The lowest BCUT2D eigenvalue weighted by Crippen LogP contribution is -2.30. The zero-order valence-corrected chi connectivity index (χ0v) is 8.67. The van der Waals surface area contributed by atoms with E-state index in [1.165, 1.54) is 11.1 Å². The van der Waals surface area contributed by atoms with Crippen LogP contribution in [0.5, 0.6) is 0 Å². The van der Waals surface area contributed by atoms with Crippen molar-refractivity contribution in [3.8, 4) is 0 Å². The standard InChI is InChI=1S/C11H18O2/c1-4-13-11-9(3)8(2)5-6-10(11)7-12/h7,10-11H,4-6H2,1-3H3. The molecule has 1 aliphatic rings. The van der Waals surface area contributed by atoms with Crippen molar-refractivity contribution in [2.24, 2.45) is 5.92 Å². The first-order valence-electron chi connectivity index (χ1n) is 4.93. The summed E-state index contributed by atoms with van der Waals surface area (Å²) in [5, 5.41) is 0. The Hall–Kier alpha value is -0.630. The van der Waals surface area contributed by atoms with Crippen molar-refractivity contribution >= 4 is 6.29 Å². The minimum atomic E-state index is 0.0382. The van der Waals surface area contributed by atoms with E-state index >= 15 is 0 Å². The Balaban J connectivity index is 2.80. The van der Waals surface area contributed by atoms with Gasteiger partial charge in [-0.1, -0.05) is 5.57 Å². The van der Waals surface area contributed by atoms with Gasteiger partial charge >= 0.3 is 0 Å². The second-order valence-electron chi connectivity index (χ2n) is 3.68. The maximum Gasteiger partial charge on any atom is 0.126 e. The van der Waals surface area contributed by atoms with Crippen molar-refractivity contribution < 1.29 is 9.53 Å². The molecule has 2 atom stereocenters. The van der Waals surface area contributed by atoms with E-state index in [2.05, 4.69) is 13.8 Å². The predicted molar refractivity (Wildman–Crippen MR) is 52.6 cm³/mol. The van der Waals surface area contributed by atoms with Crippen LogP contribution in [0.25, 0.3) is 0 Å². The Morgan fingerprint density at radius 1 is 1.54 bits per heavy atom. The minimum absolute atomic E-state index is 0.0382. The zero-order chi connectivity index (χ0) is 9.84. The maximum absolute atomic E-state index is 10.8. The van der Waals surface area contributed by atoms with Gasteiger partial charge in [-0.2, -0.15) is 0 Å². The van der Waals surface area contributed by atoms with Crippen LogP contribution in [0.1, 0.15) is 33.6 Å². The lowest BCUT2D eigenvalue weighted by Gasteiger charge is -2.29. The fourth-order valence-corrected chi connectivity index (χ4v) is 1.86. The third-order valence-electron chi connectivity index (χ3n) is 2.86. The molecule has 0 fully saturated rings. The van der Waals surface area contributed by atoms with E-state index in [9.17, 15) is 4.79 Å². The van der Waals surface area contributed by atoms with Crippen LogP contribution >= 0.6 is 0 Å². The molecule has 13 heavy (non-hydrogen) atoms. The quantitative estimate of drug-likeness (QED) is 0.494. The first kappa shape index (κ1) is 10.5. The summed E-state index contributed by atoms with van der Waals surface area (Å²) in [6, 6.07) is 0. The molecule has 1 rings (SSSR count). The van der Waals surface area contributed by atoms with Gasteiger partial charge in [0.15, 0.2) is 0 Å². The SMILES string of the molecule is CCOC1C(C)=C(C)CCC1C=O. The molecule has 0 heterocycles. The number of rotatable bonds is 3. The summed E-state index contributed by atoms with van der Waals surface area (Å²) < 4.78 is 5.58. The summed E-state index contributed by atoms with van der Waals surface area (Å²) in [7, 11) is 0. The number of allylic oxidation sites excluding steroid dienone is 1. The highest BCUT2D eigenvalue weighted by Crippen LogP contribution is 2.30. The maximum atomic E-state index is 10.8. The third-order valence-corrected chi connectivity index (χ3v) is 2.86. The molecule has 0 bridgehead atoms. The third kappa shape index (κ3) is 2.19. The van der Waals surface area contributed by atoms with Gasteiger partial charge in [0, 0.05) is 12.5 Å². The Labute approximate surface area is 80.0 Å². The van der Waals surface area contributed by atoms with Gasteiger partial charge in [0.05, 0.1) is 6.10 Å². The van der Waals surface area contributed by atoms with E-state index in [-0.39, 0.29) is 12.0 Å². The van der Waals surface area contributed by atoms with Gasteiger partial charge < -0.3 is 9.53 Å². The highest BCUT2D eigenvalue weighted by atomic mass is 16.5. The topological polar surface area (TPSA) is 26.3 Å². The molecule has 0 aromatic heterocycles. The molecule has 1 aliphatic carbocycles. The molecule has 0 spiro atoms. The number of ether oxygens (including phenoxy) is 1. The molecule has 2 heteroatoms. The molecule has 2 unspecified atom stereocenters. The number of hydrogen-bond donors (Lipinski definition) is 0. The van der Waals surface area contributed by atoms with Crippen LogP contribution in [0, 0.1) is 5.92 Å². The van der Waals surface area contributed by atoms with Gasteiger partial charge in [0.1, 0.15) is 6.29 Å². The molecule has 74 valence electrons. The lowest BCUT2D eigenvalue weighted by atomic mass is 9.83. The molecule has 0 aromatic carbocycles. The van der Waals surface area contributed by atoms with Crippen molar-refractivity contribution in [2.75, 3.05) is 6.61 Å². The Kier molecular flexibility index (Phi) is 3.67. The molecule has 0 saturated heterocycles. The van der Waals surface area contributed by atoms with Crippen LogP contribution in [0.3, 0.4) is 0 Å². The van der Waals surface area contributed by atoms with Gasteiger partial charge in [-0.25, -0.2) is 0 Å². The van der Waals surface area contributed by atoms with Crippen molar-refractivity contribution in [1.82, 2.24) is 0 Å². The summed E-state index contributed by atoms with van der Waals surface area (Å²) in [4.78, 5) is 10.8. The Bertz CT molecular complexity index is 218. The Morgan fingerprint density at radius 2 is 2.23 bits per heavy atom. The largest absolute Gasteiger partial charge is 0.373 e. The van der Waals surface area contributed by atoms with E-state index < -0.39 is 0 Å².